The SMILES string of the molecule is COC(=O)c1cncnc1Sc1nnc(N(C)C)s1. The molecule has 0 spiro atoms. The number of hydrogen-bond acceptors (Lipinski definition) is 9. The first kappa shape index (κ1) is 13.7. The standard InChI is InChI=1S/C10H11N5O2S2/c1-15(2)9-13-14-10(19-9)18-7-6(8(16)17-3)4-11-5-12-7/h4-5H,1-3H3. The van der Waals surface area contributed by atoms with Crippen molar-refractivity contribution in [1.82, 2.24) is 20.2 Å². The number of carbonyl (C=O) groups is 1. The highest BCUT2D eigenvalue weighted by Crippen LogP contribution is 2.33. The van der Waals surface area contributed by atoms with Crippen molar-refractivity contribution in [2.45, 2.75) is 9.37 Å². The molecule has 0 N–H and O–H groups in total. The second kappa shape index (κ2) is 5.93. The molecule has 0 aliphatic rings. The number of aromatic nitrogens is 4. The van der Waals surface area contributed by atoms with Gasteiger partial charge in [-0.15, -0.1) is 10.2 Å². The van der Waals surface area contributed by atoms with Gasteiger partial charge in [0.2, 0.25) is 5.13 Å². The Balaban J connectivity index is 2.25. The van der Waals surface area contributed by atoms with Gasteiger partial charge in [-0.2, -0.15) is 0 Å². The summed E-state index contributed by atoms with van der Waals surface area (Å²) >= 11 is 2.68. The van der Waals surface area contributed by atoms with Gasteiger partial charge in [0.25, 0.3) is 0 Å². The van der Waals surface area contributed by atoms with Gasteiger partial charge in [-0.1, -0.05) is 11.3 Å². The first-order valence-electron chi connectivity index (χ1n) is 5.19. The molecule has 0 atom stereocenters. The molecule has 9 heteroatoms. The lowest BCUT2D eigenvalue weighted by Crippen LogP contribution is -2.07. The third-order valence-corrected chi connectivity index (χ3v) is 4.20. The first-order chi connectivity index (χ1) is 9.11. The van der Waals surface area contributed by atoms with Crippen LogP contribution in [0, 0.1) is 0 Å². The van der Waals surface area contributed by atoms with E-state index in [1.54, 1.807) is 0 Å². The van der Waals surface area contributed by atoms with Crippen molar-refractivity contribution in [2.24, 2.45) is 0 Å². The highest BCUT2D eigenvalue weighted by atomic mass is 32.2. The Hall–Kier alpha value is -1.74. The number of nitrogens with zero attached hydrogens (tertiary/aromatic N) is 5. The van der Waals surface area contributed by atoms with Gasteiger partial charge < -0.3 is 9.64 Å². The fraction of sp³-hybridized carbons (Fsp3) is 0.300. The number of anilines is 1. The predicted octanol–water partition coefficient (Wildman–Crippen LogP) is 1.33. The molecule has 0 saturated carbocycles. The van der Waals surface area contributed by atoms with Gasteiger partial charge in [-0.05, 0) is 11.8 Å². The molecular weight excluding hydrogens is 286 g/mol. The number of esters is 1. The molecule has 2 aromatic rings. The van der Waals surface area contributed by atoms with Gasteiger partial charge in [-0.25, -0.2) is 14.8 Å². The first-order valence-corrected chi connectivity index (χ1v) is 6.82. The van der Waals surface area contributed by atoms with Crippen molar-refractivity contribution < 1.29 is 9.53 Å². The van der Waals surface area contributed by atoms with E-state index in [4.69, 9.17) is 0 Å². The van der Waals surface area contributed by atoms with Crippen LogP contribution in [0.25, 0.3) is 0 Å². The van der Waals surface area contributed by atoms with Crippen LogP contribution in [0.5, 0.6) is 0 Å². The highest BCUT2D eigenvalue weighted by molar-refractivity contribution is 8.01. The number of methoxy groups -OCH3 is 1. The maximum Gasteiger partial charge on any atom is 0.342 e. The third kappa shape index (κ3) is 3.18. The second-order valence-corrected chi connectivity index (χ2v) is 5.77. The van der Waals surface area contributed by atoms with Crippen molar-refractivity contribution in [3.8, 4) is 0 Å². The van der Waals surface area contributed by atoms with E-state index in [1.807, 2.05) is 19.0 Å². The molecule has 0 bridgehead atoms. The molecule has 2 heterocycles. The smallest absolute Gasteiger partial charge is 0.342 e. The minimum Gasteiger partial charge on any atom is -0.465 e. The van der Waals surface area contributed by atoms with Crippen LogP contribution in [0.4, 0.5) is 5.13 Å². The maximum absolute atomic E-state index is 11.6. The Kier molecular flexibility index (Phi) is 4.27. The van der Waals surface area contributed by atoms with E-state index in [0.717, 1.165) is 5.13 Å². The second-order valence-electron chi connectivity index (χ2n) is 3.58. The van der Waals surface area contributed by atoms with E-state index in [-0.39, 0.29) is 0 Å². The van der Waals surface area contributed by atoms with Crippen LogP contribution in [0.1, 0.15) is 10.4 Å². The number of hydrogen-bond donors (Lipinski definition) is 0. The molecular formula is C10H11N5O2S2. The molecule has 0 fully saturated rings. The molecule has 2 aromatic heterocycles. The van der Waals surface area contributed by atoms with Crippen LogP contribution >= 0.6 is 23.1 Å². The largest absolute Gasteiger partial charge is 0.465 e. The van der Waals surface area contributed by atoms with Gasteiger partial charge in [0.05, 0.1) is 7.11 Å². The van der Waals surface area contributed by atoms with Gasteiger partial charge in [0.15, 0.2) is 4.34 Å². The van der Waals surface area contributed by atoms with E-state index >= 15 is 0 Å². The van der Waals surface area contributed by atoms with Crippen molar-refractivity contribution >= 4 is 34.2 Å². The maximum atomic E-state index is 11.6. The topological polar surface area (TPSA) is 81.1 Å². The van der Waals surface area contributed by atoms with Crippen LogP contribution in [-0.2, 0) is 4.74 Å². The Morgan fingerprint density at radius 3 is 2.84 bits per heavy atom. The summed E-state index contributed by atoms with van der Waals surface area (Å²) in [6, 6.07) is 0. The third-order valence-electron chi connectivity index (χ3n) is 2.04. The van der Waals surface area contributed by atoms with Crippen LogP contribution in [0.15, 0.2) is 21.9 Å². The zero-order valence-electron chi connectivity index (χ0n) is 10.5. The Bertz CT molecular complexity index is 587. The lowest BCUT2D eigenvalue weighted by Gasteiger charge is -2.04. The van der Waals surface area contributed by atoms with Crippen LogP contribution < -0.4 is 4.90 Å². The van der Waals surface area contributed by atoms with Crippen LogP contribution in [-0.4, -0.2) is 47.3 Å². The zero-order valence-corrected chi connectivity index (χ0v) is 12.2. The summed E-state index contributed by atoms with van der Waals surface area (Å²) in [7, 11) is 5.10. The van der Waals surface area contributed by atoms with E-state index in [2.05, 4.69) is 24.9 Å². The minimum absolute atomic E-state index is 0.316. The quantitative estimate of drug-likeness (QED) is 0.617. The molecule has 0 unspecified atom stereocenters. The molecule has 0 aliphatic heterocycles. The minimum atomic E-state index is -0.472. The highest BCUT2D eigenvalue weighted by Gasteiger charge is 2.16. The van der Waals surface area contributed by atoms with Crippen molar-refractivity contribution in [2.75, 3.05) is 26.1 Å². The molecule has 0 aromatic carbocycles. The Morgan fingerprint density at radius 1 is 1.42 bits per heavy atom. The van der Waals surface area contributed by atoms with E-state index in [1.165, 1.54) is 42.7 Å². The summed E-state index contributed by atoms with van der Waals surface area (Å²) in [6.45, 7) is 0. The predicted molar refractivity (Wildman–Crippen MR) is 71.7 cm³/mol. The molecule has 0 amide bonds. The monoisotopic (exact) mass is 297 g/mol. The van der Waals surface area contributed by atoms with Gasteiger partial charge in [0, 0.05) is 20.3 Å². The van der Waals surface area contributed by atoms with E-state index in [9.17, 15) is 4.79 Å². The van der Waals surface area contributed by atoms with Gasteiger partial charge >= 0.3 is 5.97 Å². The van der Waals surface area contributed by atoms with Crippen LogP contribution in [0.3, 0.4) is 0 Å². The van der Waals surface area contributed by atoms with Crippen LogP contribution in [0.2, 0.25) is 0 Å². The van der Waals surface area contributed by atoms with Gasteiger partial charge in [0.1, 0.15) is 16.9 Å². The summed E-state index contributed by atoms with van der Waals surface area (Å²) in [6.07, 6.45) is 2.80. The van der Waals surface area contributed by atoms with Crippen molar-refractivity contribution in [3.63, 3.8) is 0 Å². The van der Waals surface area contributed by atoms with Gasteiger partial charge in [-0.3, -0.25) is 0 Å². The summed E-state index contributed by atoms with van der Waals surface area (Å²) < 4.78 is 5.39. The average Bonchev–Trinajstić information content (AvgIpc) is 2.87. The van der Waals surface area contributed by atoms with E-state index in [0.29, 0.717) is 14.9 Å². The molecule has 0 aliphatic carbocycles. The van der Waals surface area contributed by atoms with Crippen molar-refractivity contribution in [3.05, 3.63) is 18.1 Å². The number of carbonyl (C=O) groups excluding carboxylic acids is 1. The number of rotatable bonds is 4. The van der Waals surface area contributed by atoms with E-state index < -0.39 is 5.97 Å². The normalized spacial score (nSPS) is 10.3. The average molecular weight is 297 g/mol. The molecule has 100 valence electrons. The summed E-state index contributed by atoms with van der Waals surface area (Å²) in [4.78, 5) is 21.3. The molecule has 2 rings (SSSR count). The lowest BCUT2D eigenvalue weighted by atomic mass is 10.3. The molecule has 7 nitrogen and oxygen atoms in total. The Morgan fingerprint density at radius 2 is 2.21 bits per heavy atom. The molecule has 0 saturated heterocycles. The van der Waals surface area contributed by atoms with Crippen molar-refractivity contribution in [1.29, 1.82) is 0 Å². The fourth-order valence-corrected chi connectivity index (χ4v) is 2.88. The summed E-state index contributed by atoms with van der Waals surface area (Å²) in [5.41, 5.74) is 0.316. The number of ether oxygens (including phenoxy) is 1. The summed E-state index contributed by atoms with van der Waals surface area (Å²) in [5, 5.41) is 9.35. The summed E-state index contributed by atoms with van der Waals surface area (Å²) in [5.74, 6) is -0.472. The molecule has 0 radical (unpaired) electrons. The Labute approximate surface area is 118 Å². The molecule has 19 heavy (non-hydrogen) atoms. The zero-order chi connectivity index (χ0) is 13.8. The lowest BCUT2D eigenvalue weighted by molar-refractivity contribution is 0.0595. The fourth-order valence-electron chi connectivity index (χ4n) is 1.16.